The zero-order valence-corrected chi connectivity index (χ0v) is 11.3. The monoisotopic (exact) mass is 269 g/mol. The molecule has 0 aliphatic rings. The number of anilines is 3. The van der Waals surface area contributed by atoms with Crippen LogP contribution in [-0.2, 0) is 0 Å². The average Bonchev–Trinajstić information content (AvgIpc) is 2.77. The summed E-state index contributed by atoms with van der Waals surface area (Å²) in [6.07, 6.45) is 1.63. The number of aryl methyl sites for hydroxylation is 1. The highest BCUT2D eigenvalue weighted by molar-refractivity contribution is 5.80. The number of H-pyrrole nitrogens is 2. The number of hydrogen-bond donors (Lipinski definition) is 3. The van der Waals surface area contributed by atoms with Crippen LogP contribution in [0.3, 0.4) is 0 Å². The van der Waals surface area contributed by atoms with E-state index >= 15 is 0 Å². The number of fused-ring (bicyclic) bond motifs is 1. The Morgan fingerprint density at radius 3 is 2.70 bits per heavy atom. The number of rotatable bonds is 2. The zero-order valence-electron chi connectivity index (χ0n) is 11.3. The summed E-state index contributed by atoms with van der Waals surface area (Å²) in [6.45, 7) is 1.96. The second-order valence-corrected chi connectivity index (χ2v) is 4.78. The number of aromatic amines is 2. The molecule has 3 aromatic rings. The van der Waals surface area contributed by atoms with Crippen LogP contribution in [0.2, 0.25) is 0 Å². The van der Waals surface area contributed by atoms with Gasteiger partial charge in [0.1, 0.15) is 5.82 Å². The fourth-order valence-electron chi connectivity index (χ4n) is 2.29. The molecule has 0 aliphatic carbocycles. The third-order valence-corrected chi connectivity index (χ3v) is 3.28. The number of pyridine rings is 1. The van der Waals surface area contributed by atoms with Crippen molar-refractivity contribution in [2.24, 2.45) is 0 Å². The van der Waals surface area contributed by atoms with Crippen molar-refractivity contribution in [2.75, 3.05) is 17.7 Å². The normalized spacial score (nSPS) is 10.9. The Morgan fingerprint density at radius 2 is 1.95 bits per heavy atom. The summed E-state index contributed by atoms with van der Waals surface area (Å²) >= 11 is 0. The first-order chi connectivity index (χ1) is 9.54. The van der Waals surface area contributed by atoms with E-state index in [9.17, 15) is 4.79 Å². The molecule has 2 heterocycles. The van der Waals surface area contributed by atoms with Crippen molar-refractivity contribution >= 4 is 28.2 Å². The predicted molar refractivity (Wildman–Crippen MR) is 80.4 cm³/mol. The minimum absolute atomic E-state index is 0.207. The third kappa shape index (κ3) is 2.01. The summed E-state index contributed by atoms with van der Waals surface area (Å²) in [5.41, 5.74) is 9.65. The summed E-state index contributed by atoms with van der Waals surface area (Å²) in [5.74, 6) is 0.830. The van der Waals surface area contributed by atoms with E-state index in [4.69, 9.17) is 5.73 Å². The van der Waals surface area contributed by atoms with E-state index in [0.717, 1.165) is 28.1 Å². The van der Waals surface area contributed by atoms with Gasteiger partial charge in [0.25, 0.3) is 0 Å². The van der Waals surface area contributed by atoms with Crippen LogP contribution in [0.4, 0.5) is 17.2 Å². The molecule has 0 saturated carbocycles. The molecule has 3 rings (SSSR count). The fourth-order valence-corrected chi connectivity index (χ4v) is 2.29. The van der Waals surface area contributed by atoms with E-state index in [-0.39, 0.29) is 5.69 Å². The van der Waals surface area contributed by atoms with Gasteiger partial charge in [-0.05, 0) is 36.8 Å². The topological polar surface area (TPSA) is 90.8 Å². The number of nitrogens with zero attached hydrogens (tertiary/aromatic N) is 2. The van der Waals surface area contributed by atoms with Crippen molar-refractivity contribution in [3.8, 4) is 0 Å². The maximum absolute atomic E-state index is 11.3. The van der Waals surface area contributed by atoms with Crippen LogP contribution in [0.15, 0.2) is 35.3 Å². The zero-order chi connectivity index (χ0) is 14.3. The maximum atomic E-state index is 11.3. The summed E-state index contributed by atoms with van der Waals surface area (Å²) < 4.78 is 0. The van der Waals surface area contributed by atoms with E-state index in [2.05, 4.69) is 15.0 Å². The Morgan fingerprint density at radius 1 is 1.20 bits per heavy atom. The second kappa shape index (κ2) is 4.41. The van der Waals surface area contributed by atoms with Gasteiger partial charge in [0.05, 0.1) is 22.9 Å². The number of nitrogens with two attached hydrogens (primary N) is 1. The summed E-state index contributed by atoms with van der Waals surface area (Å²) in [6, 6.07) is 7.59. The molecule has 1 aromatic carbocycles. The van der Waals surface area contributed by atoms with E-state index in [1.807, 2.05) is 43.1 Å². The standard InChI is InChI=1S/C14H15N5O/c1-8-5-9(15)7-16-13(8)19(2)10-3-4-11-12(6-10)18-14(20)17-11/h3-7H,15H2,1-2H3,(H2,17,18,20). The van der Waals surface area contributed by atoms with Crippen molar-refractivity contribution in [3.05, 3.63) is 46.5 Å². The Balaban J connectivity index is 2.06. The largest absolute Gasteiger partial charge is 0.397 e. The van der Waals surface area contributed by atoms with Crippen LogP contribution in [0.1, 0.15) is 5.56 Å². The molecule has 0 bridgehead atoms. The molecule has 4 N–H and O–H groups in total. The Labute approximate surface area is 115 Å². The summed E-state index contributed by atoms with van der Waals surface area (Å²) in [4.78, 5) is 23.1. The van der Waals surface area contributed by atoms with Gasteiger partial charge in [0.15, 0.2) is 0 Å². The number of nitrogen functional groups attached to an aromatic ring is 1. The van der Waals surface area contributed by atoms with Crippen molar-refractivity contribution in [3.63, 3.8) is 0 Å². The van der Waals surface area contributed by atoms with E-state index < -0.39 is 0 Å². The van der Waals surface area contributed by atoms with Gasteiger partial charge in [-0.3, -0.25) is 0 Å². The Hall–Kier alpha value is -2.76. The quantitative estimate of drug-likeness (QED) is 0.662. The lowest BCUT2D eigenvalue weighted by molar-refractivity contribution is 1.11. The third-order valence-electron chi connectivity index (χ3n) is 3.28. The first kappa shape index (κ1) is 12.3. The van der Waals surface area contributed by atoms with Gasteiger partial charge in [0, 0.05) is 12.7 Å². The van der Waals surface area contributed by atoms with Crippen LogP contribution in [0.25, 0.3) is 11.0 Å². The van der Waals surface area contributed by atoms with Crippen LogP contribution >= 0.6 is 0 Å². The molecule has 0 fully saturated rings. The summed E-state index contributed by atoms with van der Waals surface area (Å²) in [5, 5.41) is 0. The lowest BCUT2D eigenvalue weighted by atomic mass is 10.2. The van der Waals surface area contributed by atoms with Crippen LogP contribution in [0, 0.1) is 6.92 Å². The molecule has 2 aromatic heterocycles. The number of benzene rings is 1. The van der Waals surface area contributed by atoms with Crippen LogP contribution in [0.5, 0.6) is 0 Å². The lowest BCUT2D eigenvalue weighted by Gasteiger charge is -2.20. The van der Waals surface area contributed by atoms with Crippen molar-refractivity contribution in [1.82, 2.24) is 15.0 Å². The van der Waals surface area contributed by atoms with Crippen LogP contribution in [-0.4, -0.2) is 22.0 Å². The maximum Gasteiger partial charge on any atom is 0.323 e. The molecule has 0 amide bonds. The Bertz CT molecular complexity index is 833. The van der Waals surface area contributed by atoms with Gasteiger partial charge < -0.3 is 20.6 Å². The number of nitrogens with one attached hydrogen (secondary N) is 2. The first-order valence-corrected chi connectivity index (χ1v) is 6.22. The lowest BCUT2D eigenvalue weighted by Crippen LogP contribution is -2.12. The number of aromatic nitrogens is 3. The molecule has 20 heavy (non-hydrogen) atoms. The predicted octanol–water partition coefficient (Wildman–Crippen LogP) is 1.91. The average molecular weight is 269 g/mol. The van der Waals surface area contributed by atoms with Gasteiger partial charge in [-0.15, -0.1) is 0 Å². The molecular formula is C14H15N5O. The van der Waals surface area contributed by atoms with Gasteiger partial charge >= 0.3 is 5.69 Å². The molecule has 0 atom stereocenters. The second-order valence-electron chi connectivity index (χ2n) is 4.78. The molecule has 6 heteroatoms. The smallest absolute Gasteiger partial charge is 0.323 e. The first-order valence-electron chi connectivity index (χ1n) is 6.22. The molecular weight excluding hydrogens is 254 g/mol. The highest BCUT2D eigenvalue weighted by atomic mass is 16.1. The van der Waals surface area contributed by atoms with Gasteiger partial charge in [-0.25, -0.2) is 9.78 Å². The molecule has 0 saturated heterocycles. The molecule has 102 valence electrons. The SMILES string of the molecule is Cc1cc(N)cnc1N(C)c1ccc2[nH]c(=O)[nH]c2c1. The minimum atomic E-state index is -0.207. The van der Waals surface area contributed by atoms with Crippen LogP contribution < -0.4 is 16.3 Å². The molecule has 6 nitrogen and oxygen atoms in total. The fraction of sp³-hybridized carbons (Fsp3) is 0.143. The molecule has 0 radical (unpaired) electrons. The van der Waals surface area contributed by atoms with E-state index in [0.29, 0.717) is 5.69 Å². The molecule has 0 unspecified atom stereocenters. The van der Waals surface area contributed by atoms with Gasteiger partial charge in [-0.2, -0.15) is 0 Å². The Kier molecular flexibility index (Phi) is 2.71. The molecule has 0 spiro atoms. The number of hydrogen-bond acceptors (Lipinski definition) is 4. The van der Waals surface area contributed by atoms with E-state index in [1.165, 1.54) is 0 Å². The highest BCUT2D eigenvalue weighted by Crippen LogP contribution is 2.27. The highest BCUT2D eigenvalue weighted by Gasteiger charge is 2.10. The molecule has 0 aliphatic heterocycles. The van der Waals surface area contributed by atoms with Gasteiger partial charge in [0.2, 0.25) is 0 Å². The van der Waals surface area contributed by atoms with Crippen molar-refractivity contribution in [1.29, 1.82) is 0 Å². The van der Waals surface area contributed by atoms with Crippen molar-refractivity contribution in [2.45, 2.75) is 6.92 Å². The number of imidazole rings is 1. The van der Waals surface area contributed by atoms with Crippen molar-refractivity contribution < 1.29 is 0 Å². The van der Waals surface area contributed by atoms with E-state index in [1.54, 1.807) is 6.20 Å². The minimum Gasteiger partial charge on any atom is -0.397 e. The van der Waals surface area contributed by atoms with Gasteiger partial charge in [-0.1, -0.05) is 0 Å². The summed E-state index contributed by atoms with van der Waals surface area (Å²) in [7, 11) is 1.93.